The van der Waals surface area contributed by atoms with Crippen LogP contribution in [-0.2, 0) is 14.3 Å². The molecule has 0 bridgehead atoms. The van der Waals surface area contributed by atoms with Crippen molar-refractivity contribution in [3.63, 3.8) is 0 Å². The van der Waals surface area contributed by atoms with Gasteiger partial charge in [-0.25, -0.2) is 0 Å². The third kappa shape index (κ3) is 9.23. The summed E-state index contributed by atoms with van der Waals surface area (Å²) in [6.07, 6.45) is 7.17. The summed E-state index contributed by atoms with van der Waals surface area (Å²) in [6.45, 7) is 3.27. The first kappa shape index (κ1) is 22.9. The molecule has 3 N–H and O–H groups in total. The van der Waals surface area contributed by atoms with Crippen LogP contribution in [0.2, 0.25) is 0 Å². The first-order valence-corrected chi connectivity index (χ1v) is 9.04. The Hall–Kier alpha value is -1.14. The van der Waals surface area contributed by atoms with Crippen molar-refractivity contribution in [1.29, 1.82) is 0 Å². The van der Waals surface area contributed by atoms with E-state index in [-0.39, 0.29) is 26.2 Å². The molecule has 0 saturated carbocycles. The van der Waals surface area contributed by atoms with E-state index in [0.29, 0.717) is 12.8 Å². The van der Waals surface area contributed by atoms with Gasteiger partial charge in [-0.15, -0.1) is 0 Å². The van der Waals surface area contributed by atoms with E-state index in [9.17, 15) is 24.9 Å². The number of hydrogen-bond donors (Lipinski definition) is 3. The number of aliphatic hydroxyl groups is 2. The summed E-state index contributed by atoms with van der Waals surface area (Å²) >= 11 is 0. The first-order chi connectivity index (χ1) is 11.4. The number of carboxylic acids is 1. The van der Waals surface area contributed by atoms with Crippen molar-refractivity contribution >= 4 is 11.9 Å². The zero-order valence-electron chi connectivity index (χ0n) is 15.1. The second-order valence-electron chi connectivity index (χ2n) is 6.63. The summed E-state index contributed by atoms with van der Waals surface area (Å²) in [5.74, 6) is -2.30. The molecule has 6 heteroatoms. The van der Waals surface area contributed by atoms with Crippen LogP contribution < -0.4 is 0 Å². The van der Waals surface area contributed by atoms with Gasteiger partial charge in [-0.05, 0) is 12.8 Å². The lowest BCUT2D eigenvalue weighted by Gasteiger charge is -2.27. The molecule has 24 heavy (non-hydrogen) atoms. The Labute approximate surface area is 145 Å². The number of hydrogen-bond acceptors (Lipinski definition) is 5. The molecule has 0 aliphatic carbocycles. The van der Waals surface area contributed by atoms with Gasteiger partial charge in [-0.3, -0.25) is 9.59 Å². The van der Waals surface area contributed by atoms with Crippen LogP contribution in [0.25, 0.3) is 0 Å². The maximum Gasteiger partial charge on any atom is 0.307 e. The molecule has 0 aromatic carbocycles. The summed E-state index contributed by atoms with van der Waals surface area (Å²) in [5.41, 5.74) is -0.854. The van der Waals surface area contributed by atoms with Crippen LogP contribution in [0, 0.1) is 11.3 Å². The highest BCUT2D eigenvalue weighted by molar-refractivity contribution is 5.78. The van der Waals surface area contributed by atoms with Crippen LogP contribution in [0.15, 0.2) is 0 Å². The van der Waals surface area contributed by atoms with E-state index in [1.165, 1.54) is 12.8 Å². The number of unbranched alkanes of at least 4 members (excludes halogenated alkanes) is 5. The number of carboxylic acid groups (broad SMARTS) is 1. The number of aliphatic hydroxyl groups excluding tert-OH is 2. The number of carbonyl (C=O) groups is 2. The number of aliphatic carboxylic acids is 1. The Morgan fingerprint density at radius 1 is 1.00 bits per heavy atom. The normalized spacial score (nSPS) is 12.8. The highest BCUT2D eigenvalue weighted by Crippen LogP contribution is 2.22. The molecule has 0 spiro atoms. The van der Waals surface area contributed by atoms with Gasteiger partial charge in [0, 0.05) is 0 Å². The minimum absolute atomic E-state index is 0.0985. The van der Waals surface area contributed by atoms with Crippen molar-refractivity contribution in [2.75, 3.05) is 19.8 Å². The van der Waals surface area contributed by atoms with Gasteiger partial charge in [0.1, 0.15) is 6.61 Å². The number of ether oxygens (including phenoxy) is 1. The molecule has 0 aromatic rings. The quantitative estimate of drug-likeness (QED) is 0.311. The largest absolute Gasteiger partial charge is 0.481 e. The lowest BCUT2D eigenvalue weighted by Crippen LogP contribution is -2.35. The lowest BCUT2D eigenvalue weighted by atomic mass is 9.88. The maximum atomic E-state index is 11.9. The molecule has 1 atom stereocenters. The molecule has 0 heterocycles. The minimum Gasteiger partial charge on any atom is -0.481 e. The highest BCUT2D eigenvalue weighted by atomic mass is 16.5. The Morgan fingerprint density at radius 3 is 2.08 bits per heavy atom. The zero-order valence-corrected chi connectivity index (χ0v) is 15.1. The zero-order chi connectivity index (χ0) is 18.4. The fraction of sp³-hybridized carbons (Fsp3) is 0.889. The highest BCUT2D eigenvalue weighted by Gasteiger charge is 2.29. The topological polar surface area (TPSA) is 104 Å². The second kappa shape index (κ2) is 13.2. The van der Waals surface area contributed by atoms with E-state index in [1.54, 1.807) is 6.92 Å². The first-order valence-electron chi connectivity index (χ1n) is 9.04. The standard InChI is InChI=1S/C18H34O6/c1-3-5-6-7-8-9-10-15(17(22)23)11-16(21)24-14-18(4-2,12-19)13-20/h15,19-20H,3-14H2,1-2H3,(H,22,23). The van der Waals surface area contributed by atoms with Gasteiger partial charge < -0.3 is 20.1 Å². The SMILES string of the molecule is CCCCCCCCC(CC(=O)OCC(CC)(CO)CO)C(=O)O. The molecule has 0 rings (SSSR count). The van der Waals surface area contributed by atoms with Crippen LogP contribution in [0.1, 0.15) is 71.6 Å². The van der Waals surface area contributed by atoms with Gasteiger partial charge >= 0.3 is 11.9 Å². The summed E-state index contributed by atoms with van der Waals surface area (Å²) in [7, 11) is 0. The average molecular weight is 346 g/mol. The van der Waals surface area contributed by atoms with E-state index in [2.05, 4.69) is 6.92 Å². The molecule has 0 fully saturated rings. The van der Waals surface area contributed by atoms with Gasteiger partial charge in [0.15, 0.2) is 0 Å². The van der Waals surface area contributed by atoms with E-state index in [1.807, 2.05) is 0 Å². The third-order valence-corrected chi connectivity index (χ3v) is 4.63. The van der Waals surface area contributed by atoms with Gasteiger partial charge in [0.2, 0.25) is 0 Å². The van der Waals surface area contributed by atoms with Crippen molar-refractivity contribution in [2.24, 2.45) is 11.3 Å². The molecular formula is C18H34O6. The van der Waals surface area contributed by atoms with Gasteiger partial charge in [0.25, 0.3) is 0 Å². The van der Waals surface area contributed by atoms with E-state index >= 15 is 0 Å². The molecule has 0 aromatic heterocycles. The maximum absolute atomic E-state index is 11.9. The Morgan fingerprint density at radius 2 is 1.58 bits per heavy atom. The molecule has 0 aliphatic heterocycles. The summed E-state index contributed by atoms with van der Waals surface area (Å²) in [4.78, 5) is 23.2. The fourth-order valence-corrected chi connectivity index (χ4v) is 2.44. The van der Waals surface area contributed by atoms with Gasteiger partial charge in [0.05, 0.1) is 31.0 Å². The molecule has 0 amide bonds. The smallest absolute Gasteiger partial charge is 0.307 e. The molecule has 0 saturated heterocycles. The summed E-state index contributed by atoms with van der Waals surface area (Å²) in [6, 6.07) is 0. The monoisotopic (exact) mass is 346 g/mol. The van der Waals surface area contributed by atoms with E-state index < -0.39 is 23.3 Å². The van der Waals surface area contributed by atoms with Crippen molar-refractivity contribution in [3.8, 4) is 0 Å². The minimum atomic E-state index is -0.980. The Balaban J connectivity index is 4.21. The van der Waals surface area contributed by atoms with Crippen LogP contribution in [0.3, 0.4) is 0 Å². The van der Waals surface area contributed by atoms with Gasteiger partial charge in [-0.1, -0.05) is 52.4 Å². The lowest BCUT2D eigenvalue weighted by molar-refractivity contribution is -0.155. The molecule has 1 unspecified atom stereocenters. The number of rotatable bonds is 15. The van der Waals surface area contributed by atoms with Crippen molar-refractivity contribution in [2.45, 2.75) is 71.6 Å². The Bertz CT molecular complexity index is 343. The molecule has 0 radical (unpaired) electrons. The molecule has 0 aliphatic rings. The van der Waals surface area contributed by atoms with Crippen LogP contribution >= 0.6 is 0 Å². The molecule has 142 valence electrons. The van der Waals surface area contributed by atoms with Crippen LogP contribution in [0.4, 0.5) is 0 Å². The third-order valence-electron chi connectivity index (χ3n) is 4.63. The molecular weight excluding hydrogens is 312 g/mol. The average Bonchev–Trinajstić information content (AvgIpc) is 2.58. The van der Waals surface area contributed by atoms with Crippen LogP contribution in [-0.4, -0.2) is 47.1 Å². The van der Waals surface area contributed by atoms with Crippen molar-refractivity contribution < 1.29 is 29.6 Å². The predicted molar refractivity (Wildman–Crippen MR) is 91.6 cm³/mol. The van der Waals surface area contributed by atoms with Crippen molar-refractivity contribution in [1.82, 2.24) is 0 Å². The fourth-order valence-electron chi connectivity index (χ4n) is 2.44. The van der Waals surface area contributed by atoms with E-state index in [0.717, 1.165) is 25.7 Å². The number of esters is 1. The number of carbonyl (C=O) groups excluding carboxylic acids is 1. The van der Waals surface area contributed by atoms with E-state index in [4.69, 9.17) is 4.74 Å². The van der Waals surface area contributed by atoms with Crippen molar-refractivity contribution in [3.05, 3.63) is 0 Å². The van der Waals surface area contributed by atoms with Crippen LogP contribution in [0.5, 0.6) is 0 Å². The summed E-state index contributed by atoms with van der Waals surface area (Å²) < 4.78 is 5.10. The molecule has 6 nitrogen and oxygen atoms in total. The predicted octanol–water partition coefficient (Wildman–Crippen LogP) is 2.75. The Kier molecular flexibility index (Phi) is 12.6. The summed E-state index contributed by atoms with van der Waals surface area (Å²) in [5, 5.41) is 27.9. The second-order valence-corrected chi connectivity index (χ2v) is 6.63. The van der Waals surface area contributed by atoms with Gasteiger partial charge in [-0.2, -0.15) is 0 Å².